The molecule has 1 aromatic carbocycles. The van der Waals surface area contributed by atoms with Crippen LogP contribution in [0.3, 0.4) is 0 Å². The summed E-state index contributed by atoms with van der Waals surface area (Å²) in [6, 6.07) is 3.67. The van der Waals surface area contributed by atoms with Crippen molar-refractivity contribution in [2.75, 3.05) is 6.54 Å². The Bertz CT molecular complexity index is 505. The highest BCUT2D eigenvalue weighted by atomic mass is 19.3. The molecule has 2 N–H and O–H groups in total. The van der Waals surface area contributed by atoms with Crippen LogP contribution in [0, 0.1) is 11.2 Å². The zero-order chi connectivity index (χ0) is 16.8. The summed E-state index contributed by atoms with van der Waals surface area (Å²) >= 11 is 0. The number of nitrogens with one attached hydrogen (secondary N) is 1. The van der Waals surface area contributed by atoms with Crippen molar-refractivity contribution in [2.45, 2.75) is 39.8 Å². The number of hydrogen-bond donors (Lipinski definition) is 2. The van der Waals surface area contributed by atoms with E-state index in [0.29, 0.717) is 18.4 Å². The van der Waals surface area contributed by atoms with Crippen molar-refractivity contribution >= 4 is 5.97 Å². The number of hydrogen-bond acceptors (Lipinski definition) is 3. The number of carboxylic acid groups (broad SMARTS) is 1. The van der Waals surface area contributed by atoms with Crippen LogP contribution in [0.15, 0.2) is 18.2 Å². The average Bonchev–Trinajstić information content (AvgIpc) is 2.46. The molecule has 0 aliphatic heterocycles. The van der Waals surface area contributed by atoms with Crippen LogP contribution in [-0.2, 0) is 11.3 Å². The maximum absolute atomic E-state index is 13.6. The van der Waals surface area contributed by atoms with Crippen LogP contribution in [-0.4, -0.2) is 24.2 Å². The van der Waals surface area contributed by atoms with Crippen molar-refractivity contribution in [3.8, 4) is 5.75 Å². The maximum atomic E-state index is 13.6. The molecular formula is C15H20F3NO3. The quantitative estimate of drug-likeness (QED) is 0.732. The van der Waals surface area contributed by atoms with E-state index in [1.807, 2.05) is 0 Å². The predicted molar refractivity (Wildman–Crippen MR) is 75.4 cm³/mol. The Morgan fingerprint density at radius 3 is 2.45 bits per heavy atom. The minimum absolute atomic E-state index is 0.237. The molecule has 0 amide bonds. The van der Waals surface area contributed by atoms with Gasteiger partial charge < -0.3 is 15.2 Å². The van der Waals surface area contributed by atoms with E-state index in [1.54, 1.807) is 13.8 Å². The fourth-order valence-electron chi connectivity index (χ4n) is 2.17. The minimum atomic E-state index is -3.08. The van der Waals surface area contributed by atoms with E-state index in [-0.39, 0.29) is 13.1 Å². The van der Waals surface area contributed by atoms with Gasteiger partial charge in [-0.25, -0.2) is 4.39 Å². The molecule has 1 rings (SSSR count). The molecule has 0 aromatic heterocycles. The van der Waals surface area contributed by atoms with Crippen molar-refractivity contribution in [3.05, 3.63) is 29.6 Å². The van der Waals surface area contributed by atoms with E-state index in [1.165, 1.54) is 6.07 Å². The Hall–Kier alpha value is -1.76. The number of rotatable bonds is 9. The molecule has 0 radical (unpaired) electrons. The summed E-state index contributed by atoms with van der Waals surface area (Å²) in [6.45, 7) is 1.00. The molecule has 0 unspecified atom stereocenters. The summed E-state index contributed by atoms with van der Waals surface area (Å²) < 4.78 is 41.6. The van der Waals surface area contributed by atoms with Crippen LogP contribution in [0.2, 0.25) is 0 Å². The molecule has 0 bridgehead atoms. The molecule has 0 saturated carbocycles. The lowest BCUT2D eigenvalue weighted by Gasteiger charge is -2.27. The van der Waals surface area contributed by atoms with Crippen LogP contribution in [0.1, 0.15) is 32.3 Å². The number of benzene rings is 1. The third-order valence-corrected chi connectivity index (χ3v) is 3.81. The van der Waals surface area contributed by atoms with E-state index < -0.39 is 29.6 Å². The van der Waals surface area contributed by atoms with Crippen LogP contribution < -0.4 is 10.1 Å². The molecule has 0 atom stereocenters. The summed E-state index contributed by atoms with van der Waals surface area (Å²) in [5.74, 6) is -2.27. The van der Waals surface area contributed by atoms with Crippen LogP contribution in [0.4, 0.5) is 13.2 Å². The number of alkyl halides is 2. The zero-order valence-corrected chi connectivity index (χ0v) is 12.5. The first kappa shape index (κ1) is 18.3. The molecule has 7 heteroatoms. The lowest BCUT2D eigenvalue weighted by molar-refractivity contribution is -0.149. The molecule has 0 fully saturated rings. The highest BCUT2D eigenvalue weighted by Crippen LogP contribution is 2.26. The fraction of sp³-hybridized carbons (Fsp3) is 0.533. The lowest BCUT2D eigenvalue weighted by Crippen LogP contribution is -2.40. The van der Waals surface area contributed by atoms with Crippen molar-refractivity contribution in [2.24, 2.45) is 5.41 Å². The van der Waals surface area contributed by atoms with Gasteiger partial charge >= 0.3 is 12.6 Å². The smallest absolute Gasteiger partial charge is 0.387 e. The largest absolute Gasteiger partial charge is 0.481 e. The third-order valence-electron chi connectivity index (χ3n) is 3.81. The van der Waals surface area contributed by atoms with E-state index >= 15 is 0 Å². The normalized spacial score (nSPS) is 11.7. The highest BCUT2D eigenvalue weighted by molar-refractivity contribution is 5.74. The van der Waals surface area contributed by atoms with Crippen LogP contribution >= 0.6 is 0 Å². The summed E-state index contributed by atoms with van der Waals surface area (Å²) in [7, 11) is 0. The Morgan fingerprint density at radius 1 is 1.36 bits per heavy atom. The lowest BCUT2D eigenvalue weighted by atomic mass is 9.82. The topological polar surface area (TPSA) is 58.6 Å². The van der Waals surface area contributed by atoms with Gasteiger partial charge in [0.15, 0.2) is 11.6 Å². The molecule has 22 heavy (non-hydrogen) atoms. The summed E-state index contributed by atoms with van der Waals surface area (Å²) in [5, 5.41) is 12.3. The van der Waals surface area contributed by atoms with Crippen molar-refractivity contribution in [1.82, 2.24) is 5.32 Å². The second-order valence-electron chi connectivity index (χ2n) is 5.04. The Balaban J connectivity index is 2.65. The van der Waals surface area contributed by atoms with E-state index in [2.05, 4.69) is 10.1 Å². The van der Waals surface area contributed by atoms with Crippen molar-refractivity contribution < 1.29 is 27.8 Å². The van der Waals surface area contributed by atoms with Gasteiger partial charge in [0.1, 0.15) is 0 Å². The van der Waals surface area contributed by atoms with Crippen LogP contribution in [0.5, 0.6) is 5.75 Å². The number of carboxylic acids is 1. The zero-order valence-electron chi connectivity index (χ0n) is 12.5. The maximum Gasteiger partial charge on any atom is 0.387 e. The van der Waals surface area contributed by atoms with Crippen molar-refractivity contribution in [1.29, 1.82) is 0 Å². The van der Waals surface area contributed by atoms with Gasteiger partial charge in [0.2, 0.25) is 0 Å². The van der Waals surface area contributed by atoms with Crippen molar-refractivity contribution in [3.63, 3.8) is 0 Å². The molecular weight excluding hydrogens is 299 g/mol. The Kier molecular flexibility index (Phi) is 6.67. The van der Waals surface area contributed by atoms with E-state index in [4.69, 9.17) is 0 Å². The monoisotopic (exact) mass is 319 g/mol. The third kappa shape index (κ3) is 4.62. The molecule has 0 aliphatic carbocycles. The van der Waals surface area contributed by atoms with Gasteiger partial charge in [-0.15, -0.1) is 0 Å². The van der Waals surface area contributed by atoms with Crippen LogP contribution in [0.25, 0.3) is 0 Å². The first-order chi connectivity index (χ1) is 10.3. The summed E-state index contributed by atoms with van der Waals surface area (Å²) in [4.78, 5) is 11.3. The summed E-state index contributed by atoms with van der Waals surface area (Å²) in [6.07, 6.45) is 0.947. The first-order valence-electron chi connectivity index (χ1n) is 7.02. The molecule has 124 valence electrons. The van der Waals surface area contributed by atoms with Gasteiger partial charge in [-0.1, -0.05) is 19.9 Å². The molecule has 0 aliphatic rings. The van der Waals surface area contributed by atoms with Gasteiger partial charge in [0, 0.05) is 13.1 Å². The molecule has 0 spiro atoms. The Labute approximate surface area is 127 Å². The van der Waals surface area contributed by atoms with E-state index in [0.717, 1.165) is 12.1 Å². The minimum Gasteiger partial charge on any atom is -0.481 e. The molecule has 0 heterocycles. The second-order valence-corrected chi connectivity index (χ2v) is 5.04. The summed E-state index contributed by atoms with van der Waals surface area (Å²) in [5.41, 5.74) is -0.345. The van der Waals surface area contributed by atoms with Gasteiger partial charge in [-0.3, -0.25) is 4.79 Å². The Morgan fingerprint density at radius 2 is 2.00 bits per heavy atom. The average molecular weight is 319 g/mol. The standard InChI is InChI=1S/C15H20F3NO3/c1-3-15(4-2,13(20)21)9-19-8-10-5-6-12(11(16)7-10)22-14(17)18/h5-7,14,19H,3-4,8-9H2,1-2H3,(H,20,21). The molecule has 0 saturated heterocycles. The number of carbonyl (C=O) groups is 1. The van der Waals surface area contributed by atoms with Gasteiger partial charge in [0.05, 0.1) is 5.41 Å². The van der Waals surface area contributed by atoms with E-state index in [9.17, 15) is 23.1 Å². The number of aliphatic carboxylic acids is 1. The molecule has 4 nitrogen and oxygen atoms in total. The second kappa shape index (κ2) is 8.03. The highest BCUT2D eigenvalue weighted by Gasteiger charge is 2.34. The van der Waals surface area contributed by atoms with Gasteiger partial charge in [-0.05, 0) is 30.5 Å². The number of ether oxygens (including phenoxy) is 1. The predicted octanol–water partition coefficient (Wildman–Crippen LogP) is 3.41. The SMILES string of the molecule is CCC(CC)(CNCc1ccc(OC(F)F)c(F)c1)C(=O)O. The van der Waals surface area contributed by atoms with Gasteiger partial charge in [0.25, 0.3) is 0 Å². The molecule has 1 aromatic rings. The first-order valence-corrected chi connectivity index (χ1v) is 7.02. The van der Waals surface area contributed by atoms with Gasteiger partial charge in [-0.2, -0.15) is 8.78 Å². The fourth-order valence-corrected chi connectivity index (χ4v) is 2.17. The number of halogens is 3.